The molecule has 106 valence electrons. The third-order valence-corrected chi connectivity index (χ3v) is 3.50. The zero-order valence-corrected chi connectivity index (χ0v) is 11.6. The van der Waals surface area contributed by atoms with Gasteiger partial charge in [-0.25, -0.2) is 8.78 Å². The highest BCUT2D eigenvalue weighted by Crippen LogP contribution is 2.20. The summed E-state index contributed by atoms with van der Waals surface area (Å²) >= 11 is 0. The number of rotatable bonds is 4. The van der Waals surface area contributed by atoms with Gasteiger partial charge in [0, 0.05) is 25.7 Å². The standard InChI is InChI=1S/C15H22F2N2/c1-11(2)10-19-7-5-13(6-8-19)18-15-9-12(16)3-4-14(15)17/h3-4,9,11,13,18H,5-8,10H2,1-2H3. The van der Waals surface area contributed by atoms with Gasteiger partial charge in [-0.05, 0) is 37.0 Å². The number of nitrogens with zero attached hydrogens (tertiary/aromatic N) is 1. The van der Waals surface area contributed by atoms with Gasteiger partial charge >= 0.3 is 0 Å². The Balaban J connectivity index is 1.87. The van der Waals surface area contributed by atoms with E-state index in [1.807, 2.05) is 0 Å². The van der Waals surface area contributed by atoms with Crippen LogP contribution in [0.5, 0.6) is 0 Å². The molecular formula is C15H22F2N2. The van der Waals surface area contributed by atoms with Crippen LogP contribution in [0.1, 0.15) is 26.7 Å². The molecule has 1 aromatic rings. The Morgan fingerprint density at radius 3 is 2.58 bits per heavy atom. The van der Waals surface area contributed by atoms with Gasteiger partial charge in [0.15, 0.2) is 0 Å². The van der Waals surface area contributed by atoms with E-state index in [1.165, 1.54) is 12.1 Å². The first-order valence-electron chi connectivity index (χ1n) is 6.98. The molecule has 1 heterocycles. The second-order valence-corrected chi connectivity index (χ2v) is 5.74. The molecule has 19 heavy (non-hydrogen) atoms. The number of nitrogens with one attached hydrogen (secondary N) is 1. The average molecular weight is 268 g/mol. The summed E-state index contributed by atoms with van der Waals surface area (Å²) < 4.78 is 26.6. The summed E-state index contributed by atoms with van der Waals surface area (Å²) in [6.45, 7) is 7.58. The lowest BCUT2D eigenvalue weighted by molar-refractivity contribution is 0.198. The minimum atomic E-state index is -0.402. The molecule has 0 unspecified atom stereocenters. The number of hydrogen-bond acceptors (Lipinski definition) is 2. The van der Waals surface area contributed by atoms with Crippen LogP contribution in [-0.4, -0.2) is 30.6 Å². The third kappa shape index (κ3) is 4.16. The summed E-state index contributed by atoms with van der Waals surface area (Å²) in [7, 11) is 0. The van der Waals surface area contributed by atoms with E-state index >= 15 is 0 Å². The summed E-state index contributed by atoms with van der Waals surface area (Å²) in [6.07, 6.45) is 1.95. The van der Waals surface area contributed by atoms with Gasteiger partial charge in [0.1, 0.15) is 11.6 Å². The Morgan fingerprint density at radius 2 is 1.95 bits per heavy atom. The van der Waals surface area contributed by atoms with E-state index in [1.54, 1.807) is 0 Å². The van der Waals surface area contributed by atoms with Gasteiger partial charge in [-0.2, -0.15) is 0 Å². The third-order valence-electron chi connectivity index (χ3n) is 3.50. The maximum absolute atomic E-state index is 13.5. The molecule has 2 nitrogen and oxygen atoms in total. The SMILES string of the molecule is CC(C)CN1CCC(Nc2cc(F)ccc2F)CC1. The van der Waals surface area contributed by atoms with E-state index in [-0.39, 0.29) is 17.5 Å². The van der Waals surface area contributed by atoms with Crippen LogP contribution in [0.15, 0.2) is 18.2 Å². The quantitative estimate of drug-likeness (QED) is 0.899. The largest absolute Gasteiger partial charge is 0.380 e. The van der Waals surface area contributed by atoms with Crippen LogP contribution >= 0.6 is 0 Å². The number of benzene rings is 1. The summed E-state index contributed by atoms with van der Waals surface area (Å²) in [5, 5.41) is 3.12. The summed E-state index contributed by atoms with van der Waals surface area (Å²) in [5.74, 6) is -0.114. The van der Waals surface area contributed by atoms with Crippen LogP contribution in [0, 0.1) is 17.6 Å². The van der Waals surface area contributed by atoms with Gasteiger partial charge in [0.2, 0.25) is 0 Å². The van der Waals surface area contributed by atoms with Crippen molar-refractivity contribution in [2.75, 3.05) is 25.0 Å². The van der Waals surface area contributed by atoms with E-state index < -0.39 is 5.82 Å². The van der Waals surface area contributed by atoms with Crippen molar-refractivity contribution < 1.29 is 8.78 Å². The van der Waals surface area contributed by atoms with Crippen molar-refractivity contribution in [3.8, 4) is 0 Å². The second-order valence-electron chi connectivity index (χ2n) is 5.74. The summed E-state index contributed by atoms with van der Waals surface area (Å²) in [6, 6.07) is 3.78. The summed E-state index contributed by atoms with van der Waals surface area (Å²) in [5.41, 5.74) is 0.280. The van der Waals surface area contributed by atoms with Crippen LogP contribution in [0.25, 0.3) is 0 Å². The molecule has 0 aliphatic carbocycles. The van der Waals surface area contributed by atoms with Crippen LogP contribution in [0.3, 0.4) is 0 Å². The lowest BCUT2D eigenvalue weighted by atomic mass is 10.0. The normalized spacial score (nSPS) is 17.9. The minimum absolute atomic E-state index is 0.236. The molecule has 4 heteroatoms. The van der Waals surface area contributed by atoms with E-state index in [2.05, 4.69) is 24.1 Å². The van der Waals surface area contributed by atoms with Crippen molar-refractivity contribution in [3.63, 3.8) is 0 Å². The summed E-state index contributed by atoms with van der Waals surface area (Å²) in [4.78, 5) is 2.44. The Kier molecular flexibility index (Phi) is 4.75. The van der Waals surface area contributed by atoms with E-state index in [4.69, 9.17) is 0 Å². The molecule has 0 aromatic heterocycles. The van der Waals surface area contributed by atoms with Crippen LogP contribution in [-0.2, 0) is 0 Å². The fraction of sp³-hybridized carbons (Fsp3) is 0.600. The monoisotopic (exact) mass is 268 g/mol. The molecule has 0 atom stereocenters. The number of likely N-dealkylation sites (tertiary alicyclic amines) is 1. The number of anilines is 1. The van der Waals surface area contributed by atoms with E-state index in [9.17, 15) is 8.78 Å². The van der Waals surface area contributed by atoms with Crippen LogP contribution in [0.4, 0.5) is 14.5 Å². The second kappa shape index (κ2) is 6.33. The molecule has 0 spiro atoms. The Bertz CT molecular complexity index is 413. The smallest absolute Gasteiger partial charge is 0.146 e. The molecule has 1 fully saturated rings. The lowest BCUT2D eigenvalue weighted by Crippen LogP contribution is -2.40. The highest BCUT2D eigenvalue weighted by molar-refractivity contribution is 5.45. The first-order valence-corrected chi connectivity index (χ1v) is 6.98. The molecule has 1 saturated heterocycles. The zero-order valence-electron chi connectivity index (χ0n) is 11.6. The molecule has 0 radical (unpaired) electrons. The molecule has 1 aliphatic rings. The fourth-order valence-electron chi connectivity index (χ4n) is 2.60. The molecule has 1 N–H and O–H groups in total. The highest BCUT2D eigenvalue weighted by atomic mass is 19.1. The van der Waals surface area contributed by atoms with Gasteiger partial charge in [-0.15, -0.1) is 0 Å². The number of piperidine rings is 1. The van der Waals surface area contributed by atoms with Gasteiger partial charge in [-0.1, -0.05) is 13.8 Å². The molecule has 2 rings (SSSR count). The molecular weight excluding hydrogens is 246 g/mol. The molecule has 1 aliphatic heterocycles. The molecule has 0 amide bonds. The van der Waals surface area contributed by atoms with Crippen molar-refractivity contribution in [3.05, 3.63) is 29.8 Å². The predicted molar refractivity (Wildman–Crippen MR) is 74.3 cm³/mol. The Labute approximate surface area is 113 Å². The first-order chi connectivity index (χ1) is 9.04. The topological polar surface area (TPSA) is 15.3 Å². The van der Waals surface area contributed by atoms with Crippen molar-refractivity contribution in [1.29, 1.82) is 0 Å². The molecule has 0 saturated carbocycles. The van der Waals surface area contributed by atoms with Gasteiger partial charge in [0.05, 0.1) is 5.69 Å². The maximum atomic E-state index is 13.5. The molecule has 0 bridgehead atoms. The predicted octanol–water partition coefficient (Wildman–Crippen LogP) is 3.50. The van der Waals surface area contributed by atoms with Crippen molar-refractivity contribution in [2.24, 2.45) is 5.92 Å². The fourth-order valence-corrected chi connectivity index (χ4v) is 2.60. The molecule has 1 aromatic carbocycles. The zero-order chi connectivity index (χ0) is 13.8. The minimum Gasteiger partial charge on any atom is -0.380 e. The number of hydrogen-bond donors (Lipinski definition) is 1. The number of halogens is 2. The Hall–Kier alpha value is -1.16. The van der Waals surface area contributed by atoms with Crippen molar-refractivity contribution in [1.82, 2.24) is 4.90 Å². The van der Waals surface area contributed by atoms with E-state index in [0.717, 1.165) is 38.5 Å². The average Bonchev–Trinajstić information content (AvgIpc) is 2.35. The first kappa shape index (κ1) is 14.3. The van der Waals surface area contributed by atoms with Crippen LogP contribution in [0.2, 0.25) is 0 Å². The van der Waals surface area contributed by atoms with Crippen LogP contribution < -0.4 is 5.32 Å². The highest BCUT2D eigenvalue weighted by Gasteiger charge is 2.20. The van der Waals surface area contributed by atoms with E-state index in [0.29, 0.717) is 5.92 Å². The Morgan fingerprint density at radius 1 is 1.26 bits per heavy atom. The maximum Gasteiger partial charge on any atom is 0.146 e. The van der Waals surface area contributed by atoms with Gasteiger partial charge < -0.3 is 10.2 Å². The van der Waals surface area contributed by atoms with Crippen molar-refractivity contribution >= 4 is 5.69 Å². The van der Waals surface area contributed by atoms with Gasteiger partial charge in [-0.3, -0.25) is 0 Å². The lowest BCUT2D eigenvalue weighted by Gasteiger charge is -2.33. The van der Waals surface area contributed by atoms with Gasteiger partial charge in [0.25, 0.3) is 0 Å². The van der Waals surface area contributed by atoms with Crippen molar-refractivity contribution in [2.45, 2.75) is 32.7 Å².